The van der Waals surface area contributed by atoms with Gasteiger partial charge in [0, 0.05) is 18.9 Å². The molecule has 0 aliphatic heterocycles. The fraction of sp³-hybridized carbons (Fsp3) is 0.565. The van der Waals surface area contributed by atoms with E-state index in [0.717, 1.165) is 13.2 Å². The van der Waals surface area contributed by atoms with Gasteiger partial charge >= 0.3 is 0 Å². The van der Waals surface area contributed by atoms with Crippen molar-refractivity contribution in [3.8, 4) is 5.75 Å². The Morgan fingerprint density at radius 1 is 0.640 bits per heavy atom. The minimum absolute atomic E-state index is 0. The van der Waals surface area contributed by atoms with Crippen molar-refractivity contribution in [3.63, 3.8) is 0 Å². The van der Waals surface area contributed by atoms with E-state index in [0.29, 0.717) is 0 Å². The van der Waals surface area contributed by atoms with Crippen molar-refractivity contribution in [3.05, 3.63) is 42.5 Å². The highest BCUT2D eigenvalue weighted by atomic mass is 35.5. The third-order valence-corrected chi connectivity index (χ3v) is 4.76. The fourth-order valence-electron chi connectivity index (χ4n) is 3.43. The highest BCUT2D eigenvalue weighted by molar-refractivity contribution is 5.88. The molecule has 0 aliphatic rings. The predicted octanol–water partition coefficient (Wildman–Crippen LogP) is 4.66. The molecular weight excluding hydrogens is 328 g/mol. The molecule has 25 heavy (non-hydrogen) atoms. The molecule has 0 unspecified atom stereocenters. The third kappa shape index (κ3) is 7.28. The first-order valence-electron chi connectivity index (χ1n) is 10.0. The molecule has 0 saturated carbocycles. The minimum atomic E-state index is 0. The van der Waals surface area contributed by atoms with Crippen LogP contribution < -0.4 is 12.4 Å². The van der Waals surface area contributed by atoms with E-state index >= 15 is 0 Å². The zero-order valence-corrected chi connectivity index (χ0v) is 16.9. The standard InChI is InChI=1S/C23H35O.ClH/c1-3-5-6-7-8-9-10-13-20-24(19-4-2)23-18-14-16-21-15-11-12-17-22(21)23;/h11-12,14-18H,3-10,13,19-20H2,1-2H3;1H/q+1;/p-1. The van der Waals surface area contributed by atoms with Crippen molar-refractivity contribution in [1.82, 2.24) is 0 Å². The summed E-state index contributed by atoms with van der Waals surface area (Å²) in [5, 5.41) is 2.69. The highest BCUT2D eigenvalue weighted by Crippen LogP contribution is 2.33. The van der Waals surface area contributed by atoms with E-state index in [2.05, 4.69) is 60.7 Å². The summed E-state index contributed by atoms with van der Waals surface area (Å²) in [6, 6.07) is 15.4. The Kier molecular flexibility index (Phi) is 11.4. The van der Waals surface area contributed by atoms with Gasteiger partial charge in [0.15, 0.2) is 13.2 Å². The van der Waals surface area contributed by atoms with Gasteiger partial charge in [-0.1, -0.05) is 82.7 Å². The molecule has 1 nitrogen and oxygen atoms in total. The number of halogens is 1. The Labute approximate surface area is 160 Å². The molecule has 0 radical (unpaired) electrons. The van der Waals surface area contributed by atoms with Gasteiger partial charge in [-0.2, -0.15) is 0 Å². The summed E-state index contributed by atoms with van der Waals surface area (Å²) >= 11 is 0. The van der Waals surface area contributed by atoms with Crippen LogP contribution in [0.15, 0.2) is 42.5 Å². The molecule has 0 aromatic heterocycles. The Balaban J connectivity index is 0.00000312. The molecule has 140 valence electrons. The first kappa shape index (κ1) is 21.8. The Morgan fingerprint density at radius 2 is 1.28 bits per heavy atom. The van der Waals surface area contributed by atoms with Gasteiger partial charge in [0.1, 0.15) is 0 Å². The Hall–Kier alpha value is -1.21. The normalized spacial score (nSPS) is 10.6. The maximum absolute atomic E-state index is 3.53. The lowest BCUT2D eigenvalue weighted by molar-refractivity contribution is -0.0536. The maximum atomic E-state index is 3.53. The molecule has 2 rings (SSSR count). The summed E-state index contributed by atoms with van der Waals surface area (Å²) in [5.41, 5.74) is 0. The number of fused-ring (bicyclic) bond motifs is 1. The zero-order valence-electron chi connectivity index (χ0n) is 16.1. The van der Waals surface area contributed by atoms with Crippen LogP contribution in [0.25, 0.3) is 10.8 Å². The van der Waals surface area contributed by atoms with Crippen molar-refractivity contribution in [2.24, 2.45) is 0 Å². The first-order chi connectivity index (χ1) is 11.9. The molecule has 0 fully saturated rings. The van der Waals surface area contributed by atoms with E-state index in [9.17, 15) is 0 Å². The van der Waals surface area contributed by atoms with Crippen molar-refractivity contribution in [1.29, 1.82) is 0 Å². The first-order valence-corrected chi connectivity index (χ1v) is 10.0. The third-order valence-electron chi connectivity index (χ3n) is 4.76. The van der Waals surface area contributed by atoms with Crippen molar-refractivity contribution < 1.29 is 16.8 Å². The number of rotatable bonds is 12. The predicted molar refractivity (Wildman–Crippen MR) is 107 cm³/mol. The van der Waals surface area contributed by atoms with E-state index in [4.69, 9.17) is 0 Å². The maximum Gasteiger partial charge on any atom is 0.263 e. The molecule has 0 amide bonds. The van der Waals surface area contributed by atoms with Crippen LogP contribution in [0.5, 0.6) is 5.75 Å². The minimum Gasteiger partial charge on any atom is -1.00 e. The van der Waals surface area contributed by atoms with Gasteiger partial charge < -0.3 is 16.8 Å². The lowest BCUT2D eigenvalue weighted by atomic mass is 10.1. The van der Waals surface area contributed by atoms with Gasteiger partial charge in [0.25, 0.3) is 5.75 Å². The smallest absolute Gasteiger partial charge is 0.263 e. The average molecular weight is 363 g/mol. The Bertz CT molecular complexity index is 576. The molecule has 0 spiro atoms. The van der Waals surface area contributed by atoms with Gasteiger partial charge in [-0.05, 0) is 17.9 Å². The van der Waals surface area contributed by atoms with Crippen molar-refractivity contribution in [2.75, 3.05) is 13.2 Å². The molecule has 2 aromatic carbocycles. The molecule has 0 aliphatic carbocycles. The summed E-state index contributed by atoms with van der Waals surface area (Å²) in [5.74, 6) is 1.33. The summed E-state index contributed by atoms with van der Waals surface area (Å²) in [6.45, 7) is 6.73. The molecule has 0 saturated heterocycles. The van der Waals surface area contributed by atoms with Gasteiger partial charge in [0.05, 0.1) is 5.39 Å². The van der Waals surface area contributed by atoms with Crippen LogP contribution in [0.2, 0.25) is 0 Å². The molecule has 2 heteroatoms. The second-order valence-electron chi connectivity index (χ2n) is 6.85. The van der Waals surface area contributed by atoms with Gasteiger partial charge in [-0.25, -0.2) is 0 Å². The molecule has 0 heterocycles. The number of hydrogen-bond donors (Lipinski definition) is 0. The van der Waals surface area contributed by atoms with Crippen LogP contribution in [0.4, 0.5) is 0 Å². The summed E-state index contributed by atoms with van der Waals surface area (Å²) in [6.07, 6.45) is 12.2. The van der Waals surface area contributed by atoms with Gasteiger partial charge in [-0.15, -0.1) is 0 Å². The summed E-state index contributed by atoms with van der Waals surface area (Å²) < 4.78 is 3.53. The number of hydrogen-bond acceptors (Lipinski definition) is 0. The molecule has 0 N–H and O–H groups in total. The van der Waals surface area contributed by atoms with Crippen LogP contribution >= 0.6 is 0 Å². The molecular formula is C23H35ClO. The van der Waals surface area contributed by atoms with E-state index < -0.39 is 0 Å². The second-order valence-corrected chi connectivity index (χ2v) is 6.85. The van der Waals surface area contributed by atoms with Crippen molar-refractivity contribution >= 4 is 10.8 Å². The van der Waals surface area contributed by atoms with E-state index in [1.165, 1.54) is 74.3 Å². The van der Waals surface area contributed by atoms with E-state index in [1.54, 1.807) is 0 Å². The number of unbranched alkanes of at least 4 members (excludes halogenated alkanes) is 7. The Morgan fingerprint density at radius 3 is 2.00 bits per heavy atom. The highest BCUT2D eigenvalue weighted by Gasteiger charge is 2.14. The summed E-state index contributed by atoms with van der Waals surface area (Å²) in [7, 11) is 0. The fourth-order valence-corrected chi connectivity index (χ4v) is 3.43. The lowest BCUT2D eigenvalue weighted by Crippen LogP contribution is -3.00. The van der Waals surface area contributed by atoms with E-state index in [1.807, 2.05) is 0 Å². The second kappa shape index (κ2) is 13.1. The van der Waals surface area contributed by atoms with Gasteiger partial charge in [0.2, 0.25) is 0 Å². The topological polar surface area (TPSA) is 2.70 Å². The molecule has 2 aromatic rings. The zero-order chi connectivity index (χ0) is 17.0. The monoisotopic (exact) mass is 362 g/mol. The lowest BCUT2D eigenvalue weighted by Gasteiger charge is -2.25. The van der Waals surface area contributed by atoms with Crippen LogP contribution in [0, 0.1) is 0 Å². The SMILES string of the molecule is CCCCCCCCCC[O+](CCC)c1cccc2ccccc12.[Cl-]. The molecule has 0 atom stereocenters. The van der Waals surface area contributed by atoms with Gasteiger partial charge in [-0.3, -0.25) is 0 Å². The van der Waals surface area contributed by atoms with Crippen LogP contribution in [0.1, 0.15) is 71.6 Å². The summed E-state index contributed by atoms with van der Waals surface area (Å²) in [4.78, 5) is 0. The molecule has 0 bridgehead atoms. The quantitative estimate of drug-likeness (QED) is 0.381. The largest absolute Gasteiger partial charge is 1.00 e. The van der Waals surface area contributed by atoms with Crippen LogP contribution in [-0.4, -0.2) is 13.2 Å². The van der Waals surface area contributed by atoms with Crippen LogP contribution in [0.3, 0.4) is 0 Å². The van der Waals surface area contributed by atoms with Crippen LogP contribution in [-0.2, 0) is 4.37 Å². The average Bonchev–Trinajstić information content (AvgIpc) is 2.62. The van der Waals surface area contributed by atoms with E-state index in [-0.39, 0.29) is 12.4 Å². The van der Waals surface area contributed by atoms with Crippen molar-refractivity contribution in [2.45, 2.75) is 71.6 Å². The number of benzene rings is 2.